The molecule has 0 radical (unpaired) electrons. The number of methoxy groups -OCH3 is 1. The number of carbonyl (C=O) groups is 1. The number of rotatable bonds is 2. The summed E-state index contributed by atoms with van der Waals surface area (Å²) in [5.41, 5.74) is 6.92. The van der Waals surface area contributed by atoms with E-state index >= 15 is 0 Å². The van der Waals surface area contributed by atoms with E-state index in [1.165, 1.54) is 11.7 Å². The van der Waals surface area contributed by atoms with Gasteiger partial charge >= 0.3 is 11.7 Å². The molecule has 1 unspecified atom stereocenters. The van der Waals surface area contributed by atoms with Crippen LogP contribution in [0.1, 0.15) is 13.0 Å². The first-order valence-electron chi connectivity index (χ1n) is 5.03. The van der Waals surface area contributed by atoms with E-state index in [0.29, 0.717) is 16.8 Å². The van der Waals surface area contributed by atoms with Crippen molar-refractivity contribution >= 4 is 22.8 Å². The fourth-order valence-electron chi connectivity index (χ4n) is 1.74. The van der Waals surface area contributed by atoms with E-state index in [2.05, 4.69) is 4.74 Å². The first-order chi connectivity index (χ1) is 8.06. The molecule has 1 heterocycles. The summed E-state index contributed by atoms with van der Waals surface area (Å²) < 4.78 is 10.8. The third-order valence-corrected chi connectivity index (χ3v) is 2.59. The zero-order valence-corrected chi connectivity index (χ0v) is 9.47. The van der Waals surface area contributed by atoms with Crippen molar-refractivity contribution in [2.45, 2.75) is 13.0 Å². The molecule has 0 spiro atoms. The maximum absolute atomic E-state index is 11.7. The van der Waals surface area contributed by atoms with E-state index < -0.39 is 17.8 Å². The lowest BCUT2D eigenvalue weighted by Crippen LogP contribution is -2.25. The van der Waals surface area contributed by atoms with Gasteiger partial charge in [0, 0.05) is 0 Å². The number of hydrogen-bond donors (Lipinski definition) is 1. The van der Waals surface area contributed by atoms with Crippen LogP contribution in [0.4, 0.5) is 5.69 Å². The number of hydrogen-bond acceptors (Lipinski definition) is 5. The smallest absolute Gasteiger partial charge is 0.420 e. The fraction of sp³-hybridized carbons (Fsp3) is 0.273. The first-order valence-corrected chi connectivity index (χ1v) is 5.03. The molecule has 0 saturated carbocycles. The highest BCUT2D eigenvalue weighted by Crippen LogP contribution is 2.23. The predicted molar refractivity (Wildman–Crippen MR) is 61.6 cm³/mol. The van der Waals surface area contributed by atoms with Gasteiger partial charge in [0.15, 0.2) is 5.58 Å². The quantitative estimate of drug-likeness (QED) is 0.618. The van der Waals surface area contributed by atoms with Crippen LogP contribution in [-0.2, 0) is 9.53 Å². The van der Waals surface area contributed by atoms with Gasteiger partial charge in [-0.25, -0.2) is 9.59 Å². The van der Waals surface area contributed by atoms with Crippen LogP contribution in [0, 0.1) is 0 Å². The second-order valence-electron chi connectivity index (χ2n) is 3.63. The summed E-state index contributed by atoms with van der Waals surface area (Å²) in [6.07, 6.45) is 0. The van der Waals surface area contributed by atoms with E-state index in [1.54, 1.807) is 25.1 Å². The topological polar surface area (TPSA) is 87.5 Å². The first kappa shape index (κ1) is 11.3. The van der Waals surface area contributed by atoms with Crippen LogP contribution in [0.25, 0.3) is 11.1 Å². The van der Waals surface area contributed by atoms with Crippen LogP contribution in [0.2, 0.25) is 0 Å². The van der Waals surface area contributed by atoms with Crippen molar-refractivity contribution in [2.24, 2.45) is 0 Å². The normalized spacial score (nSPS) is 12.6. The average molecular weight is 236 g/mol. The van der Waals surface area contributed by atoms with Crippen LogP contribution >= 0.6 is 0 Å². The molecule has 6 heteroatoms. The summed E-state index contributed by atoms with van der Waals surface area (Å²) in [5, 5.41) is 0. The Morgan fingerprint density at radius 2 is 2.24 bits per heavy atom. The number of ether oxygens (including phenoxy) is 1. The molecule has 0 saturated heterocycles. The molecule has 2 aromatic rings. The van der Waals surface area contributed by atoms with Gasteiger partial charge in [-0.3, -0.25) is 4.57 Å². The second kappa shape index (κ2) is 3.97. The molecule has 0 aliphatic rings. The number of nitrogens with zero attached hydrogens (tertiary/aromatic N) is 1. The molecular weight excluding hydrogens is 224 g/mol. The zero-order valence-electron chi connectivity index (χ0n) is 9.47. The van der Waals surface area contributed by atoms with Gasteiger partial charge in [-0.15, -0.1) is 0 Å². The molecule has 1 atom stereocenters. The van der Waals surface area contributed by atoms with Gasteiger partial charge in [0.2, 0.25) is 0 Å². The Balaban J connectivity index is 2.72. The molecule has 1 aromatic carbocycles. The minimum absolute atomic E-state index is 0.353. The standard InChI is InChI=1S/C11H12N2O4/c1-6(10(14)16-2)13-9-7(12)4-3-5-8(9)17-11(13)15/h3-6H,12H2,1-2H3. The molecule has 0 bridgehead atoms. The SMILES string of the molecule is COC(=O)C(C)n1c(=O)oc2cccc(N)c21. The molecule has 2 rings (SSSR count). The Hall–Kier alpha value is -2.24. The molecule has 0 fully saturated rings. The van der Waals surface area contributed by atoms with Crippen molar-refractivity contribution in [3.05, 3.63) is 28.7 Å². The van der Waals surface area contributed by atoms with Crippen LogP contribution in [0.15, 0.2) is 27.4 Å². The molecule has 1 aromatic heterocycles. The van der Waals surface area contributed by atoms with Gasteiger partial charge in [-0.2, -0.15) is 0 Å². The number of fused-ring (bicyclic) bond motifs is 1. The zero-order chi connectivity index (χ0) is 12.6. The van der Waals surface area contributed by atoms with E-state index in [0.717, 1.165) is 0 Å². The van der Waals surface area contributed by atoms with Crippen molar-refractivity contribution in [1.29, 1.82) is 0 Å². The van der Waals surface area contributed by atoms with Crippen molar-refractivity contribution < 1.29 is 13.9 Å². The number of nitrogen functional groups attached to an aromatic ring is 1. The molecule has 6 nitrogen and oxygen atoms in total. The van der Waals surface area contributed by atoms with Crippen molar-refractivity contribution in [3.63, 3.8) is 0 Å². The van der Waals surface area contributed by atoms with Crippen molar-refractivity contribution in [3.8, 4) is 0 Å². The highest BCUT2D eigenvalue weighted by Gasteiger charge is 2.22. The summed E-state index contributed by atoms with van der Waals surface area (Å²) in [6.45, 7) is 1.55. The number of carbonyl (C=O) groups excluding carboxylic acids is 1. The van der Waals surface area contributed by atoms with Crippen LogP contribution in [0.5, 0.6) is 0 Å². The number of aromatic nitrogens is 1. The Labute approximate surface area is 96.6 Å². The molecule has 0 aliphatic carbocycles. The van der Waals surface area contributed by atoms with Crippen LogP contribution in [0.3, 0.4) is 0 Å². The van der Waals surface area contributed by atoms with Crippen LogP contribution in [-0.4, -0.2) is 17.6 Å². The molecule has 90 valence electrons. The third kappa shape index (κ3) is 1.67. The molecule has 2 N–H and O–H groups in total. The number of esters is 1. The van der Waals surface area contributed by atoms with E-state index in [-0.39, 0.29) is 0 Å². The Kier molecular flexibility index (Phi) is 2.63. The van der Waals surface area contributed by atoms with E-state index in [9.17, 15) is 9.59 Å². The highest BCUT2D eigenvalue weighted by molar-refractivity contribution is 5.87. The second-order valence-corrected chi connectivity index (χ2v) is 3.63. The lowest BCUT2D eigenvalue weighted by Gasteiger charge is -2.10. The minimum Gasteiger partial charge on any atom is -0.467 e. The minimum atomic E-state index is -0.779. The Morgan fingerprint density at radius 3 is 2.88 bits per heavy atom. The van der Waals surface area contributed by atoms with Crippen molar-refractivity contribution in [1.82, 2.24) is 4.57 Å². The number of oxazole rings is 1. The van der Waals surface area contributed by atoms with Gasteiger partial charge in [0.1, 0.15) is 11.6 Å². The average Bonchev–Trinajstić information content (AvgIpc) is 2.65. The lowest BCUT2D eigenvalue weighted by atomic mass is 10.2. The summed E-state index contributed by atoms with van der Waals surface area (Å²) in [6, 6.07) is 4.15. The van der Waals surface area contributed by atoms with Gasteiger partial charge in [0.25, 0.3) is 0 Å². The lowest BCUT2D eigenvalue weighted by molar-refractivity contribution is -0.144. The number of benzene rings is 1. The maximum atomic E-state index is 11.7. The third-order valence-electron chi connectivity index (χ3n) is 2.59. The molecular formula is C11H12N2O4. The van der Waals surface area contributed by atoms with E-state index in [4.69, 9.17) is 10.2 Å². The predicted octanol–water partition coefficient (Wildman–Crippen LogP) is 0.911. The van der Waals surface area contributed by atoms with Crippen molar-refractivity contribution in [2.75, 3.05) is 12.8 Å². The monoisotopic (exact) mass is 236 g/mol. The van der Waals surface area contributed by atoms with Gasteiger partial charge in [-0.05, 0) is 19.1 Å². The number of para-hydroxylation sites is 1. The molecule has 0 amide bonds. The molecule has 17 heavy (non-hydrogen) atoms. The Bertz CT molecular complexity index is 626. The fourth-order valence-corrected chi connectivity index (χ4v) is 1.74. The molecule has 0 aliphatic heterocycles. The van der Waals surface area contributed by atoms with Gasteiger partial charge < -0.3 is 14.9 Å². The summed E-state index contributed by atoms with van der Waals surface area (Å²) in [4.78, 5) is 23.1. The van der Waals surface area contributed by atoms with Gasteiger partial charge in [0.05, 0.1) is 12.8 Å². The Morgan fingerprint density at radius 1 is 1.53 bits per heavy atom. The number of anilines is 1. The summed E-state index contributed by atoms with van der Waals surface area (Å²) >= 11 is 0. The van der Waals surface area contributed by atoms with Gasteiger partial charge in [-0.1, -0.05) is 6.07 Å². The maximum Gasteiger partial charge on any atom is 0.420 e. The largest absolute Gasteiger partial charge is 0.467 e. The summed E-state index contributed by atoms with van der Waals surface area (Å²) in [5.74, 6) is -1.16. The summed E-state index contributed by atoms with van der Waals surface area (Å²) in [7, 11) is 1.26. The van der Waals surface area contributed by atoms with E-state index in [1.807, 2.05) is 0 Å². The highest BCUT2D eigenvalue weighted by atomic mass is 16.5. The van der Waals surface area contributed by atoms with Crippen LogP contribution < -0.4 is 11.5 Å². The number of nitrogens with two attached hydrogens (primary N) is 1.